The van der Waals surface area contributed by atoms with Crippen LogP contribution in [0.5, 0.6) is 0 Å². The zero-order chi connectivity index (χ0) is 23.4. The van der Waals surface area contributed by atoms with Gasteiger partial charge in [0.25, 0.3) is 5.91 Å². The highest BCUT2D eigenvalue weighted by molar-refractivity contribution is 7.22. The van der Waals surface area contributed by atoms with E-state index >= 15 is 0 Å². The summed E-state index contributed by atoms with van der Waals surface area (Å²) in [5.74, 6) is -0.289. The number of carbonyl (C=O) groups is 2. The number of aliphatic hydroxyl groups excluding tert-OH is 1. The quantitative estimate of drug-likeness (QED) is 0.298. The normalized spacial score (nSPS) is 11.7. The van der Waals surface area contributed by atoms with E-state index in [1.807, 2.05) is 49.4 Å². The van der Waals surface area contributed by atoms with Crippen LogP contribution in [0.15, 0.2) is 66.7 Å². The number of amides is 3. The lowest BCUT2D eigenvalue weighted by Crippen LogP contribution is -2.34. The number of nitrogens with one attached hydrogen (secondary N) is 3. The molecule has 0 spiro atoms. The molecule has 0 radical (unpaired) electrons. The molecule has 0 aliphatic heterocycles. The molecule has 4 aromatic rings. The van der Waals surface area contributed by atoms with Crippen molar-refractivity contribution >= 4 is 55.9 Å². The summed E-state index contributed by atoms with van der Waals surface area (Å²) in [6, 6.07) is 18.7. The maximum absolute atomic E-state index is 12.7. The van der Waals surface area contributed by atoms with E-state index in [4.69, 9.17) is 11.6 Å². The fourth-order valence-electron chi connectivity index (χ4n) is 3.31. The molecule has 0 unspecified atom stereocenters. The first-order valence-electron chi connectivity index (χ1n) is 10.1. The highest BCUT2D eigenvalue weighted by Crippen LogP contribution is 2.29. The molecule has 7 nitrogen and oxygen atoms in total. The number of aliphatic hydroxyl groups is 1. The van der Waals surface area contributed by atoms with Gasteiger partial charge in [-0.05, 0) is 42.3 Å². The van der Waals surface area contributed by atoms with E-state index in [9.17, 15) is 14.7 Å². The molecular weight excluding hydrogens is 460 g/mol. The molecule has 1 heterocycles. The van der Waals surface area contributed by atoms with Crippen molar-refractivity contribution in [2.24, 2.45) is 0 Å². The van der Waals surface area contributed by atoms with Crippen LogP contribution in [0.3, 0.4) is 0 Å². The number of fused-ring (bicyclic) bond motifs is 1. The summed E-state index contributed by atoms with van der Waals surface area (Å²) >= 11 is 7.46. The van der Waals surface area contributed by atoms with E-state index < -0.39 is 12.1 Å². The van der Waals surface area contributed by atoms with Crippen LogP contribution < -0.4 is 16.0 Å². The van der Waals surface area contributed by atoms with Crippen molar-refractivity contribution in [1.82, 2.24) is 10.3 Å². The minimum Gasteiger partial charge on any atom is -0.394 e. The van der Waals surface area contributed by atoms with Gasteiger partial charge in [0, 0.05) is 5.56 Å². The lowest BCUT2D eigenvalue weighted by molar-refractivity contribution is 0.102. The number of thiazole rings is 1. The van der Waals surface area contributed by atoms with Crippen LogP contribution in [-0.4, -0.2) is 28.6 Å². The highest BCUT2D eigenvalue weighted by Gasteiger charge is 2.16. The van der Waals surface area contributed by atoms with Crippen molar-refractivity contribution < 1.29 is 14.7 Å². The fraction of sp³-hybridized carbons (Fsp3) is 0.125. The van der Waals surface area contributed by atoms with E-state index in [2.05, 4.69) is 20.9 Å². The highest BCUT2D eigenvalue weighted by atomic mass is 35.5. The van der Waals surface area contributed by atoms with Gasteiger partial charge in [-0.1, -0.05) is 65.4 Å². The molecule has 0 saturated heterocycles. The third-order valence-corrected chi connectivity index (χ3v) is 6.27. The van der Waals surface area contributed by atoms with E-state index in [1.165, 1.54) is 11.3 Å². The van der Waals surface area contributed by atoms with Crippen LogP contribution in [0.4, 0.5) is 15.6 Å². The van der Waals surface area contributed by atoms with E-state index in [1.54, 1.807) is 24.3 Å². The molecule has 0 aliphatic rings. The largest absolute Gasteiger partial charge is 0.394 e. The second kappa shape index (κ2) is 9.99. The number of rotatable bonds is 6. The van der Waals surface area contributed by atoms with Crippen molar-refractivity contribution in [1.29, 1.82) is 0 Å². The van der Waals surface area contributed by atoms with Crippen molar-refractivity contribution in [2.75, 3.05) is 17.2 Å². The van der Waals surface area contributed by atoms with E-state index in [0.29, 0.717) is 26.9 Å². The van der Waals surface area contributed by atoms with Gasteiger partial charge in [-0.2, -0.15) is 0 Å². The number of carbonyl (C=O) groups excluding carboxylic acids is 2. The predicted octanol–water partition coefficient (Wildman–Crippen LogP) is 5.37. The minimum atomic E-state index is -0.538. The standard InChI is InChI=1S/C24H21ClN4O3S/c1-14-6-5-9-17(25)21(14)28-22(31)16-10-11-18-20(12-16)33-24(27-18)29-23(32)26-19(13-30)15-7-3-2-4-8-15/h2-12,19,30H,13H2,1H3,(H,28,31)(H2,26,27,29,32)/t19-/m1/s1. The van der Waals surface area contributed by atoms with Crippen LogP contribution in [0.2, 0.25) is 5.02 Å². The summed E-state index contributed by atoms with van der Waals surface area (Å²) in [6.07, 6.45) is 0. The van der Waals surface area contributed by atoms with Crippen molar-refractivity contribution in [3.63, 3.8) is 0 Å². The summed E-state index contributed by atoms with van der Waals surface area (Å²) < 4.78 is 0.746. The van der Waals surface area contributed by atoms with Gasteiger partial charge < -0.3 is 15.7 Å². The molecule has 1 atom stereocenters. The zero-order valence-electron chi connectivity index (χ0n) is 17.6. The molecule has 3 aromatic carbocycles. The summed E-state index contributed by atoms with van der Waals surface area (Å²) in [5.41, 5.74) is 3.34. The predicted molar refractivity (Wildman–Crippen MR) is 132 cm³/mol. The summed E-state index contributed by atoms with van der Waals surface area (Å²) in [4.78, 5) is 29.6. The number of para-hydroxylation sites is 1. The minimum absolute atomic E-state index is 0.235. The van der Waals surface area contributed by atoms with Crippen molar-refractivity contribution in [3.8, 4) is 0 Å². The molecule has 0 aliphatic carbocycles. The van der Waals surface area contributed by atoms with Crippen LogP contribution in [0.1, 0.15) is 27.5 Å². The topological polar surface area (TPSA) is 103 Å². The maximum Gasteiger partial charge on any atom is 0.321 e. The van der Waals surface area contributed by atoms with Gasteiger partial charge >= 0.3 is 6.03 Å². The van der Waals surface area contributed by atoms with Gasteiger partial charge in [0.2, 0.25) is 0 Å². The van der Waals surface area contributed by atoms with Crippen LogP contribution in [0, 0.1) is 6.92 Å². The molecule has 33 heavy (non-hydrogen) atoms. The van der Waals surface area contributed by atoms with Gasteiger partial charge in [0.05, 0.1) is 33.6 Å². The first kappa shape index (κ1) is 22.7. The van der Waals surface area contributed by atoms with Crippen LogP contribution in [-0.2, 0) is 0 Å². The lowest BCUT2D eigenvalue weighted by atomic mass is 10.1. The lowest BCUT2D eigenvalue weighted by Gasteiger charge is -2.16. The summed E-state index contributed by atoms with van der Waals surface area (Å²) in [7, 11) is 0. The Kier molecular flexibility index (Phi) is 6.88. The van der Waals surface area contributed by atoms with E-state index in [0.717, 1.165) is 15.8 Å². The number of aromatic nitrogens is 1. The molecule has 1 aromatic heterocycles. The Morgan fingerprint density at radius 3 is 2.58 bits per heavy atom. The maximum atomic E-state index is 12.7. The average molecular weight is 481 g/mol. The molecule has 9 heteroatoms. The molecular formula is C24H21ClN4O3S. The van der Waals surface area contributed by atoms with Gasteiger partial charge in [-0.3, -0.25) is 10.1 Å². The third-order valence-electron chi connectivity index (χ3n) is 5.02. The number of urea groups is 1. The smallest absolute Gasteiger partial charge is 0.321 e. The molecule has 168 valence electrons. The number of aryl methyl sites for hydroxylation is 1. The first-order valence-corrected chi connectivity index (χ1v) is 11.3. The van der Waals surface area contributed by atoms with Crippen molar-refractivity contribution in [3.05, 3.63) is 88.4 Å². The van der Waals surface area contributed by atoms with Gasteiger partial charge in [0.1, 0.15) is 0 Å². The Bertz CT molecular complexity index is 1290. The Morgan fingerprint density at radius 1 is 1.06 bits per heavy atom. The zero-order valence-corrected chi connectivity index (χ0v) is 19.2. The third kappa shape index (κ3) is 5.31. The van der Waals surface area contributed by atoms with Gasteiger partial charge in [-0.15, -0.1) is 0 Å². The molecule has 0 bridgehead atoms. The number of halogens is 1. The number of hydrogen-bond acceptors (Lipinski definition) is 5. The van der Waals surface area contributed by atoms with E-state index in [-0.39, 0.29) is 12.5 Å². The SMILES string of the molecule is Cc1cccc(Cl)c1NC(=O)c1ccc2nc(NC(=O)N[C@H](CO)c3ccccc3)sc2c1. The van der Waals surface area contributed by atoms with Crippen LogP contribution >= 0.6 is 22.9 Å². The average Bonchev–Trinajstić information content (AvgIpc) is 3.21. The van der Waals surface area contributed by atoms with Gasteiger partial charge in [0.15, 0.2) is 5.13 Å². The summed E-state index contributed by atoms with van der Waals surface area (Å²) in [6.45, 7) is 1.64. The molecule has 4 rings (SSSR count). The Labute approximate surface area is 199 Å². The fourth-order valence-corrected chi connectivity index (χ4v) is 4.48. The number of nitrogens with zero attached hydrogens (tertiary/aromatic N) is 1. The Balaban J connectivity index is 1.46. The molecule has 3 amide bonds. The van der Waals surface area contributed by atoms with Crippen LogP contribution in [0.25, 0.3) is 10.2 Å². The second-order valence-electron chi connectivity index (χ2n) is 7.33. The molecule has 0 saturated carbocycles. The second-order valence-corrected chi connectivity index (χ2v) is 8.77. The Hall–Kier alpha value is -3.46. The molecule has 0 fully saturated rings. The first-order chi connectivity index (χ1) is 15.9. The molecule has 4 N–H and O–H groups in total. The Morgan fingerprint density at radius 2 is 1.85 bits per heavy atom. The number of benzene rings is 3. The summed E-state index contributed by atoms with van der Waals surface area (Å²) in [5, 5.41) is 18.8. The number of hydrogen-bond donors (Lipinski definition) is 4. The van der Waals surface area contributed by atoms with Crippen molar-refractivity contribution in [2.45, 2.75) is 13.0 Å². The number of anilines is 2. The monoisotopic (exact) mass is 480 g/mol. The van der Waals surface area contributed by atoms with Gasteiger partial charge in [-0.25, -0.2) is 9.78 Å².